The zero-order valence-electron chi connectivity index (χ0n) is 9.91. The Kier molecular flexibility index (Phi) is 3.75. The van der Waals surface area contributed by atoms with Gasteiger partial charge >= 0.3 is 0 Å². The predicted octanol–water partition coefficient (Wildman–Crippen LogP) is 5.09. The van der Waals surface area contributed by atoms with Gasteiger partial charge in [0.2, 0.25) is 0 Å². The monoisotopic (exact) mass is 373 g/mol. The first kappa shape index (κ1) is 13.3. The van der Waals surface area contributed by atoms with Gasteiger partial charge in [-0.3, -0.25) is 0 Å². The van der Waals surface area contributed by atoms with E-state index in [2.05, 4.69) is 43.0 Å². The van der Waals surface area contributed by atoms with Crippen LogP contribution in [0.15, 0.2) is 22.7 Å². The molecule has 0 aliphatic heterocycles. The molecule has 3 aromatic rings. The third kappa shape index (κ3) is 2.63. The van der Waals surface area contributed by atoms with Crippen LogP contribution in [-0.2, 0) is 6.54 Å². The molecule has 0 unspecified atom stereocenters. The Morgan fingerprint density at radius 3 is 2.95 bits per heavy atom. The number of aryl methyl sites for hydroxylation is 1. The van der Waals surface area contributed by atoms with Crippen molar-refractivity contribution in [2.45, 2.75) is 13.5 Å². The van der Waals surface area contributed by atoms with Gasteiger partial charge in [-0.25, -0.2) is 0 Å². The van der Waals surface area contributed by atoms with Crippen molar-refractivity contribution >= 4 is 67.3 Å². The van der Waals surface area contributed by atoms with Gasteiger partial charge in [-0.2, -0.15) is 8.75 Å². The van der Waals surface area contributed by atoms with Crippen LogP contribution in [-0.4, -0.2) is 8.75 Å². The number of nitrogens with one attached hydrogen (secondary N) is 1. The van der Waals surface area contributed by atoms with Gasteiger partial charge in [-0.15, -0.1) is 11.3 Å². The molecular weight excluding hydrogens is 366 g/mol. The lowest BCUT2D eigenvalue weighted by atomic mass is 10.2. The summed E-state index contributed by atoms with van der Waals surface area (Å²) in [4.78, 5) is 2.53. The summed E-state index contributed by atoms with van der Waals surface area (Å²) in [6.45, 7) is 2.82. The van der Waals surface area contributed by atoms with Gasteiger partial charge in [0.15, 0.2) is 0 Å². The van der Waals surface area contributed by atoms with E-state index in [1.54, 1.807) is 11.3 Å². The molecule has 0 fully saturated rings. The lowest BCUT2D eigenvalue weighted by Gasteiger charge is -2.07. The molecule has 0 saturated carbocycles. The predicted molar refractivity (Wildman–Crippen MR) is 86.5 cm³/mol. The Balaban J connectivity index is 1.89. The van der Waals surface area contributed by atoms with Crippen LogP contribution in [0, 0.1) is 6.92 Å². The molecular formula is C12H9BrClN3S2. The Labute approximate surface area is 132 Å². The van der Waals surface area contributed by atoms with Crippen LogP contribution in [0.4, 0.5) is 5.69 Å². The molecule has 1 aromatic carbocycles. The Hall–Kier alpha value is -0.690. The van der Waals surface area contributed by atoms with Crippen molar-refractivity contribution in [2.24, 2.45) is 0 Å². The lowest BCUT2D eigenvalue weighted by molar-refractivity contribution is 1.20. The van der Waals surface area contributed by atoms with Crippen molar-refractivity contribution < 1.29 is 0 Å². The van der Waals surface area contributed by atoms with E-state index < -0.39 is 0 Å². The quantitative estimate of drug-likeness (QED) is 0.694. The first-order valence-electron chi connectivity index (χ1n) is 5.54. The van der Waals surface area contributed by atoms with E-state index in [4.69, 9.17) is 11.6 Å². The van der Waals surface area contributed by atoms with Crippen LogP contribution >= 0.6 is 50.6 Å². The largest absolute Gasteiger partial charge is 0.377 e. The van der Waals surface area contributed by atoms with E-state index >= 15 is 0 Å². The summed E-state index contributed by atoms with van der Waals surface area (Å²) >= 11 is 12.7. The molecule has 0 amide bonds. The van der Waals surface area contributed by atoms with Crippen molar-refractivity contribution in [1.82, 2.24) is 8.75 Å². The average Bonchev–Trinajstić information content (AvgIpc) is 2.96. The van der Waals surface area contributed by atoms with E-state index in [-0.39, 0.29) is 0 Å². The Morgan fingerprint density at radius 1 is 1.37 bits per heavy atom. The van der Waals surface area contributed by atoms with Crippen molar-refractivity contribution in [3.63, 3.8) is 0 Å². The summed E-state index contributed by atoms with van der Waals surface area (Å²) in [6.07, 6.45) is 0. The highest BCUT2D eigenvalue weighted by molar-refractivity contribution is 9.10. The molecule has 0 atom stereocenters. The smallest absolute Gasteiger partial charge is 0.129 e. The number of benzene rings is 1. The molecule has 98 valence electrons. The van der Waals surface area contributed by atoms with Crippen molar-refractivity contribution in [2.75, 3.05) is 5.32 Å². The topological polar surface area (TPSA) is 37.8 Å². The summed E-state index contributed by atoms with van der Waals surface area (Å²) in [5, 5.41) is 4.03. The maximum Gasteiger partial charge on any atom is 0.129 e. The maximum absolute atomic E-state index is 6.23. The number of nitrogens with zero attached hydrogens (tertiary/aromatic N) is 2. The fourth-order valence-corrected chi connectivity index (χ4v) is 4.08. The SMILES string of the molecule is Cc1sc(CNc2c(Cl)ccc3nsnc23)cc1Br. The molecule has 0 aliphatic carbocycles. The molecule has 0 bridgehead atoms. The summed E-state index contributed by atoms with van der Waals surface area (Å²) in [7, 11) is 0. The average molecular weight is 375 g/mol. The molecule has 0 radical (unpaired) electrons. The lowest BCUT2D eigenvalue weighted by Crippen LogP contribution is -1.99. The van der Waals surface area contributed by atoms with Crippen LogP contribution in [0.3, 0.4) is 0 Å². The normalized spacial score (nSPS) is 11.1. The van der Waals surface area contributed by atoms with E-state index in [1.165, 1.54) is 21.5 Å². The highest BCUT2D eigenvalue weighted by atomic mass is 79.9. The number of hydrogen-bond donors (Lipinski definition) is 1. The molecule has 7 heteroatoms. The fraction of sp³-hybridized carbons (Fsp3) is 0.167. The van der Waals surface area contributed by atoms with Crippen LogP contribution in [0.5, 0.6) is 0 Å². The maximum atomic E-state index is 6.23. The van der Waals surface area contributed by atoms with Gasteiger partial charge in [0.25, 0.3) is 0 Å². The third-order valence-corrected chi connectivity index (χ3v) is 5.72. The third-order valence-electron chi connectivity index (χ3n) is 2.72. The Morgan fingerprint density at radius 2 is 2.21 bits per heavy atom. The van der Waals surface area contributed by atoms with Crippen molar-refractivity contribution in [3.8, 4) is 0 Å². The van der Waals surface area contributed by atoms with Crippen LogP contribution < -0.4 is 5.32 Å². The summed E-state index contributed by atoms with van der Waals surface area (Å²) in [6, 6.07) is 5.86. The standard InChI is InChI=1S/C12H9BrClN3S2/c1-6-8(13)4-7(18-6)5-15-11-9(14)2-3-10-12(11)17-19-16-10/h2-4,15H,5H2,1H3. The van der Waals surface area contributed by atoms with Gasteiger partial charge in [-0.05, 0) is 41.1 Å². The van der Waals surface area contributed by atoms with Crippen molar-refractivity contribution in [3.05, 3.63) is 37.4 Å². The first-order chi connectivity index (χ1) is 9.15. The molecule has 1 N–H and O–H groups in total. The summed E-state index contributed by atoms with van der Waals surface area (Å²) in [5.41, 5.74) is 2.57. The highest BCUT2D eigenvalue weighted by Gasteiger charge is 2.10. The number of thiophene rings is 1. The highest BCUT2D eigenvalue weighted by Crippen LogP contribution is 2.32. The van der Waals surface area contributed by atoms with Crippen LogP contribution in [0.1, 0.15) is 9.75 Å². The molecule has 3 nitrogen and oxygen atoms in total. The minimum Gasteiger partial charge on any atom is -0.377 e. The van der Waals surface area contributed by atoms with E-state index in [1.807, 2.05) is 12.1 Å². The first-order valence-corrected chi connectivity index (χ1v) is 8.26. The van der Waals surface area contributed by atoms with Gasteiger partial charge in [0.05, 0.1) is 22.4 Å². The number of hydrogen-bond acceptors (Lipinski definition) is 5. The van der Waals surface area contributed by atoms with Gasteiger partial charge < -0.3 is 5.32 Å². The van der Waals surface area contributed by atoms with Gasteiger partial charge in [0, 0.05) is 20.8 Å². The second kappa shape index (κ2) is 5.36. The molecule has 0 spiro atoms. The summed E-state index contributed by atoms with van der Waals surface area (Å²) < 4.78 is 9.66. The molecule has 19 heavy (non-hydrogen) atoms. The number of rotatable bonds is 3. The molecule has 3 rings (SSSR count). The van der Waals surface area contributed by atoms with Crippen molar-refractivity contribution in [1.29, 1.82) is 0 Å². The molecule has 2 aromatic heterocycles. The van der Waals surface area contributed by atoms with Crippen LogP contribution in [0.25, 0.3) is 11.0 Å². The minimum atomic E-state index is 0.674. The summed E-state index contributed by atoms with van der Waals surface area (Å²) in [5.74, 6) is 0. The Bertz CT molecular complexity index is 718. The number of aromatic nitrogens is 2. The van der Waals surface area contributed by atoms with Gasteiger partial charge in [-0.1, -0.05) is 11.6 Å². The second-order valence-corrected chi connectivity index (χ2v) is 7.16. The van der Waals surface area contributed by atoms with E-state index in [0.717, 1.165) is 27.7 Å². The second-order valence-electron chi connectivity index (χ2n) is 4.02. The molecule has 2 heterocycles. The zero-order chi connectivity index (χ0) is 13.4. The molecule has 0 aliphatic rings. The minimum absolute atomic E-state index is 0.674. The number of halogens is 2. The number of anilines is 1. The number of fused-ring (bicyclic) bond motifs is 1. The van der Waals surface area contributed by atoms with E-state index in [0.29, 0.717) is 5.02 Å². The fourth-order valence-electron chi connectivity index (χ4n) is 1.78. The molecule has 0 saturated heterocycles. The zero-order valence-corrected chi connectivity index (χ0v) is 13.9. The van der Waals surface area contributed by atoms with Gasteiger partial charge in [0.1, 0.15) is 11.0 Å². The van der Waals surface area contributed by atoms with Crippen LogP contribution in [0.2, 0.25) is 5.02 Å². The van der Waals surface area contributed by atoms with E-state index in [9.17, 15) is 0 Å².